The fraction of sp³-hybridized carbons (Fsp3) is 0.533. The highest BCUT2D eigenvalue weighted by Gasteiger charge is 2.37. The number of hydrogen-bond acceptors (Lipinski definition) is 4. The Bertz CT molecular complexity index is 601. The predicted octanol–water partition coefficient (Wildman–Crippen LogP) is 2.52. The summed E-state index contributed by atoms with van der Waals surface area (Å²) in [5.74, 6) is -1.26. The van der Waals surface area contributed by atoms with Crippen molar-refractivity contribution in [2.45, 2.75) is 37.8 Å². The van der Waals surface area contributed by atoms with Crippen LogP contribution in [0.1, 0.15) is 36.0 Å². The highest BCUT2D eigenvalue weighted by molar-refractivity contribution is 5.95. The Hall–Kier alpha value is -2.02. The van der Waals surface area contributed by atoms with Crippen molar-refractivity contribution in [1.82, 2.24) is 4.90 Å². The average molecular weight is 308 g/mol. The van der Waals surface area contributed by atoms with Gasteiger partial charge >= 0.3 is 0 Å². The summed E-state index contributed by atoms with van der Waals surface area (Å²) in [5, 5.41) is 10.6. The highest BCUT2D eigenvalue weighted by Crippen LogP contribution is 2.30. The normalized spacial score (nSPS) is 24.7. The molecule has 2 aliphatic heterocycles. The molecule has 2 unspecified atom stereocenters. The maximum atomic E-state index is 14.0. The molecule has 3 rings (SSSR count). The molecule has 2 atom stereocenters. The molecule has 0 bridgehead atoms. The van der Waals surface area contributed by atoms with Gasteiger partial charge in [-0.05, 0) is 31.7 Å². The van der Waals surface area contributed by atoms with Crippen LogP contribution >= 0.6 is 0 Å². The minimum absolute atomic E-state index is 0.0209. The minimum atomic E-state index is -0.850. The standard InChI is InChI=1S/C15H17FN2O4/c16-12-9-10(18(20)21)5-6-11(12)15(19)17-7-1-3-13(17)14-4-2-8-22-14/h5-6,9,13-14H,1-4,7-8H2. The first-order chi connectivity index (χ1) is 10.6. The van der Waals surface area contributed by atoms with E-state index in [4.69, 9.17) is 4.74 Å². The zero-order valence-corrected chi connectivity index (χ0v) is 12.0. The van der Waals surface area contributed by atoms with Gasteiger partial charge < -0.3 is 9.64 Å². The van der Waals surface area contributed by atoms with Gasteiger partial charge in [0.2, 0.25) is 0 Å². The van der Waals surface area contributed by atoms with Crippen molar-refractivity contribution >= 4 is 11.6 Å². The van der Waals surface area contributed by atoms with E-state index in [1.165, 1.54) is 6.07 Å². The van der Waals surface area contributed by atoms with Crippen molar-refractivity contribution in [2.24, 2.45) is 0 Å². The zero-order chi connectivity index (χ0) is 15.7. The van der Waals surface area contributed by atoms with E-state index in [9.17, 15) is 19.3 Å². The predicted molar refractivity (Wildman–Crippen MR) is 76.1 cm³/mol. The molecule has 6 nitrogen and oxygen atoms in total. The molecule has 2 aliphatic rings. The minimum Gasteiger partial charge on any atom is -0.376 e. The fourth-order valence-electron chi connectivity index (χ4n) is 3.28. The number of carbonyl (C=O) groups is 1. The van der Waals surface area contributed by atoms with Gasteiger partial charge in [-0.15, -0.1) is 0 Å². The first-order valence-electron chi connectivity index (χ1n) is 7.44. The summed E-state index contributed by atoms with van der Waals surface area (Å²) in [6.45, 7) is 1.27. The van der Waals surface area contributed by atoms with Crippen LogP contribution < -0.4 is 0 Å². The number of nitrogens with zero attached hydrogens (tertiary/aromatic N) is 2. The Morgan fingerprint density at radius 1 is 1.36 bits per heavy atom. The third-order valence-electron chi connectivity index (χ3n) is 4.35. The number of carbonyl (C=O) groups excluding carboxylic acids is 1. The lowest BCUT2D eigenvalue weighted by atomic mass is 10.0. The molecule has 2 heterocycles. The van der Waals surface area contributed by atoms with Crippen molar-refractivity contribution in [1.29, 1.82) is 0 Å². The van der Waals surface area contributed by atoms with Gasteiger partial charge in [-0.2, -0.15) is 0 Å². The van der Waals surface area contributed by atoms with Gasteiger partial charge in [0.25, 0.3) is 11.6 Å². The molecular formula is C15H17FN2O4. The van der Waals surface area contributed by atoms with Gasteiger partial charge in [-0.3, -0.25) is 14.9 Å². The maximum absolute atomic E-state index is 14.0. The lowest BCUT2D eigenvalue weighted by Crippen LogP contribution is -2.42. The van der Waals surface area contributed by atoms with Crippen molar-refractivity contribution in [3.63, 3.8) is 0 Å². The Morgan fingerprint density at radius 2 is 2.18 bits per heavy atom. The number of nitro groups is 1. The third kappa shape index (κ3) is 2.68. The zero-order valence-electron chi connectivity index (χ0n) is 12.0. The molecule has 1 amide bonds. The van der Waals surface area contributed by atoms with Crippen LogP contribution in [0.5, 0.6) is 0 Å². The SMILES string of the molecule is O=C(c1ccc([N+](=O)[O-])cc1F)N1CCCC1C1CCCO1. The quantitative estimate of drug-likeness (QED) is 0.635. The molecule has 0 radical (unpaired) electrons. The summed E-state index contributed by atoms with van der Waals surface area (Å²) in [4.78, 5) is 24.2. The second kappa shape index (κ2) is 6.00. The van der Waals surface area contributed by atoms with Crippen LogP contribution in [-0.2, 0) is 4.74 Å². The number of non-ortho nitro benzene ring substituents is 1. The van der Waals surface area contributed by atoms with Crippen LogP contribution in [0.15, 0.2) is 18.2 Å². The Kier molecular flexibility index (Phi) is 4.06. The molecule has 0 aliphatic carbocycles. The van der Waals surface area contributed by atoms with Crippen LogP contribution in [0.25, 0.3) is 0 Å². The molecule has 2 fully saturated rings. The Morgan fingerprint density at radius 3 is 2.82 bits per heavy atom. The summed E-state index contributed by atoms with van der Waals surface area (Å²) in [7, 11) is 0. The van der Waals surface area contributed by atoms with Crippen LogP contribution in [0, 0.1) is 15.9 Å². The summed E-state index contributed by atoms with van der Waals surface area (Å²) < 4.78 is 19.7. The van der Waals surface area contributed by atoms with E-state index in [1.54, 1.807) is 4.90 Å². The van der Waals surface area contributed by atoms with E-state index < -0.39 is 16.6 Å². The van der Waals surface area contributed by atoms with E-state index in [2.05, 4.69) is 0 Å². The number of ether oxygens (including phenoxy) is 1. The lowest BCUT2D eigenvalue weighted by Gasteiger charge is -2.29. The largest absolute Gasteiger partial charge is 0.376 e. The topological polar surface area (TPSA) is 72.7 Å². The van der Waals surface area contributed by atoms with E-state index in [-0.39, 0.29) is 23.4 Å². The molecule has 0 N–H and O–H groups in total. The van der Waals surface area contributed by atoms with E-state index in [0.717, 1.165) is 37.8 Å². The van der Waals surface area contributed by atoms with Crippen molar-refractivity contribution in [3.05, 3.63) is 39.7 Å². The fourth-order valence-corrected chi connectivity index (χ4v) is 3.28. The molecule has 0 spiro atoms. The number of benzene rings is 1. The Balaban J connectivity index is 1.82. The third-order valence-corrected chi connectivity index (χ3v) is 4.35. The van der Waals surface area contributed by atoms with Crippen LogP contribution in [0.4, 0.5) is 10.1 Å². The second-order valence-electron chi connectivity index (χ2n) is 5.68. The van der Waals surface area contributed by atoms with Crippen molar-refractivity contribution < 1.29 is 18.8 Å². The number of hydrogen-bond donors (Lipinski definition) is 0. The van der Waals surface area contributed by atoms with Crippen molar-refractivity contribution in [3.8, 4) is 0 Å². The highest BCUT2D eigenvalue weighted by atomic mass is 19.1. The van der Waals surface area contributed by atoms with Gasteiger partial charge in [0.1, 0.15) is 5.82 Å². The van der Waals surface area contributed by atoms with Gasteiger partial charge in [0.05, 0.1) is 28.7 Å². The van der Waals surface area contributed by atoms with E-state index in [0.29, 0.717) is 13.2 Å². The summed E-state index contributed by atoms with van der Waals surface area (Å²) in [6.07, 6.45) is 3.63. The lowest BCUT2D eigenvalue weighted by molar-refractivity contribution is -0.385. The number of amides is 1. The smallest absolute Gasteiger partial charge is 0.272 e. The summed E-state index contributed by atoms with van der Waals surface area (Å²) in [6, 6.07) is 3.13. The molecular weight excluding hydrogens is 291 g/mol. The molecule has 7 heteroatoms. The van der Waals surface area contributed by atoms with Gasteiger partial charge in [-0.25, -0.2) is 4.39 Å². The number of rotatable bonds is 3. The monoisotopic (exact) mass is 308 g/mol. The summed E-state index contributed by atoms with van der Waals surface area (Å²) >= 11 is 0. The number of likely N-dealkylation sites (tertiary alicyclic amines) is 1. The number of nitro benzene ring substituents is 1. The van der Waals surface area contributed by atoms with Crippen molar-refractivity contribution in [2.75, 3.05) is 13.2 Å². The maximum Gasteiger partial charge on any atom is 0.272 e. The molecule has 0 saturated carbocycles. The second-order valence-corrected chi connectivity index (χ2v) is 5.68. The van der Waals surface area contributed by atoms with Gasteiger partial charge in [0.15, 0.2) is 0 Å². The van der Waals surface area contributed by atoms with E-state index >= 15 is 0 Å². The van der Waals surface area contributed by atoms with Gasteiger partial charge in [-0.1, -0.05) is 0 Å². The summed E-state index contributed by atoms with van der Waals surface area (Å²) in [5.41, 5.74) is -0.471. The van der Waals surface area contributed by atoms with Crippen LogP contribution in [-0.4, -0.2) is 41.0 Å². The first-order valence-corrected chi connectivity index (χ1v) is 7.44. The van der Waals surface area contributed by atoms with E-state index in [1.807, 2.05) is 0 Å². The first kappa shape index (κ1) is 14.9. The van der Waals surface area contributed by atoms with Gasteiger partial charge in [0, 0.05) is 19.2 Å². The molecule has 1 aromatic carbocycles. The Labute approximate surface area is 127 Å². The molecule has 118 valence electrons. The molecule has 0 aromatic heterocycles. The average Bonchev–Trinajstić information content (AvgIpc) is 3.16. The van der Waals surface area contributed by atoms with Crippen LogP contribution in [0.2, 0.25) is 0 Å². The molecule has 2 saturated heterocycles. The number of halogens is 1. The molecule has 1 aromatic rings. The molecule has 22 heavy (non-hydrogen) atoms. The van der Waals surface area contributed by atoms with Crippen LogP contribution in [0.3, 0.4) is 0 Å².